The smallest absolute Gasteiger partial charge is 0.196 e. The first-order valence-electron chi connectivity index (χ1n) is 6.58. The lowest BCUT2D eigenvalue weighted by Gasteiger charge is -1.98. The molecule has 4 heteroatoms. The van der Waals surface area contributed by atoms with Crippen molar-refractivity contribution in [1.82, 2.24) is 10.3 Å². The van der Waals surface area contributed by atoms with Gasteiger partial charge in [0.1, 0.15) is 5.76 Å². The second-order valence-corrected chi connectivity index (χ2v) is 4.24. The summed E-state index contributed by atoms with van der Waals surface area (Å²) in [4.78, 5) is 4.26. The molecule has 98 valence electrons. The van der Waals surface area contributed by atoms with Gasteiger partial charge in [-0.3, -0.25) is 0 Å². The van der Waals surface area contributed by atoms with E-state index in [0.29, 0.717) is 5.76 Å². The lowest BCUT2D eigenvalue weighted by molar-refractivity contribution is 0.464. The van der Waals surface area contributed by atoms with Crippen LogP contribution in [-0.2, 0) is 12.8 Å². The third-order valence-electron chi connectivity index (χ3n) is 2.75. The van der Waals surface area contributed by atoms with Gasteiger partial charge in [-0.25, -0.2) is 4.98 Å². The number of oxazole rings is 1. The van der Waals surface area contributed by atoms with E-state index in [1.54, 1.807) is 6.20 Å². The maximum Gasteiger partial charge on any atom is 0.196 e. The van der Waals surface area contributed by atoms with Gasteiger partial charge < -0.3 is 14.2 Å². The van der Waals surface area contributed by atoms with E-state index in [0.717, 1.165) is 49.8 Å². The molecule has 1 N–H and O–H groups in total. The number of aromatic nitrogens is 1. The highest BCUT2D eigenvalue weighted by atomic mass is 16.4. The summed E-state index contributed by atoms with van der Waals surface area (Å²) < 4.78 is 11.3. The largest absolute Gasteiger partial charge is 0.458 e. The summed E-state index contributed by atoms with van der Waals surface area (Å²) in [7, 11) is 0. The van der Waals surface area contributed by atoms with E-state index in [1.165, 1.54) is 0 Å². The van der Waals surface area contributed by atoms with Crippen LogP contribution in [0.25, 0.3) is 11.5 Å². The monoisotopic (exact) mass is 248 g/mol. The van der Waals surface area contributed by atoms with Gasteiger partial charge >= 0.3 is 0 Å². The van der Waals surface area contributed by atoms with Crippen LogP contribution in [-0.4, -0.2) is 18.1 Å². The van der Waals surface area contributed by atoms with Crippen LogP contribution in [0.5, 0.6) is 0 Å². The maximum absolute atomic E-state index is 5.66. The van der Waals surface area contributed by atoms with Crippen molar-refractivity contribution in [3.63, 3.8) is 0 Å². The number of furan rings is 1. The maximum atomic E-state index is 5.66. The summed E-state index contributed by atoms with van der Waals surface area (Å²) in [6.45, 7) is 6.14. The molecule has 0 bridgehead atoms. The highest BCUT2D eigenvalue weighted by Crippen LogP contribution is 2.23. The van der Waals surface area contributed by atoms with Crippen molar-refractivity contribution < 1.29 is 8.83 Å². The van der Waals surface area contributed by atoms with E-state index in [4.69, 9.17) is 8.83 Å². The minimum Gasteiger partial charge on any atom is -0.458 e. The second kappa shape index (κ2) is 6.40. The molecule has 0 unspecified atom stereocenters. The molecule has 4 nitrogen and oxygen atoms in total. The van der Waals surface area contributed by atoms with E-state index in [9.17, 15) is 0 Å². The Morgan fingerprint density at radius 3 is 2.72 bits per heavy atom. The van der Waals surface area contributed by atoms with Crippen LogP contribution >= 0.6 is 0 Å². The van der Waals surface area contributed by atoms with Crippen LogP contribution in [0, 0.1) is 0 Å². The standard InChI is InChI=1S/C14H20N2O2/c1-3-8-15-9-7-14-16-10-13(18-14)12-6-5-11(4-2)17-12/h5-6,10,15H,3-4,7-9H2,1-2H3. The molecule has 0 fully saturated rings. The minimum atomic E-state index is 0.709. The molecule has 2 aromatic heterocycles. The van der Waals surface area contributed by atoms with Crippen molar-refractivity contribution in [2.45, 2.75) is 33.1 Å². The molecular formula is C14H20N2O2. The molecule has 0 spiro atoms. The van der Waals surface area contributed by atoms with Gasteiger partial charge in [0.2, 0.25) is 0 Å². The highest BCUT2D eigenvalue weighted by molar-refractivity contribution is 5.48. The number of nitrogens with one attached hydrogen (secondary N) is 1. The van der Waals surface area contributed by atoms with Gasteiger partial charge in [0, 0.05) is 19.4 Å². The first-order valence-corrected chi connectivity index (χ1v) is 6.58. The van der Waals surface area contributed by atoms with Gasteiger partial charge in [0.05, 0.1) is 6.20 Å². The average Bonchev–Trinajstić information content (AvgIpc) is 3.03. The number of rotatable bonds is 7. The molecule has 2 rings (SSSR count). The predicted octanol–water partition coefficient (Wildman–Crippen LogP) is 3.04. The average molecular weight is 248 g/mol. The van der Waals surface area contributed by atoms with E-state index in [1.807, 2.05) is 12.1 Å². The van der Waals surface area contributed by atoms with Crippen LogP contribution in [0.4, 0.5) is 0 Å². The summed E-state index contributed by atoms with van der Waals surface area (Å²) in [5.41, 5.74) is 0. The molecule has 18 heavy (non-hydrogen) atoms. The Kier molecular flexibility index (Phi) is 4.59. The molecule has 0 aliphatic heterocycles. The zero-order chi connectivity index (χ0) is 12.8. The van der Waals surface area contributed by atoms with E-state index < -0.39 is 0 Å². The predicted molar refractivity (Wildman–Crippen MR) is 70.4 cm³/mol. The van der Waals surface area contributed by atoms with Gasteiger partial charge in [0.15, 0.2) is 17.4 Å². The fourth-order valence-electron chi connectivity index (χ4n) is 1.74. The molecule has 0 saturated heterocycles. The zero-order valence-corrected chi connectivity index (χ0v) is 11.0. The van der Waals surface area contributed by atoms with Crippen molar-refractivity contribution in [3.05, 3.63) is 30.0 Å². The number of hydrogen-bond donors (Lipinski definition) is 1. The molecule has 2 heterocycles. The van der Waals surface area contributed by atoms with Crippen molar-refractivity contribution in [1.29, 1.82) is 0 Å². The summed E-state index contributed by atoms with van der Waals surface area (Å²) in [6.07, 6.45) is 4.57. The first kappa shape index (κ1) is 12.9. The summed E-state index contributed by atoms with van der Waals surface area (Å²) in [5, 5.41) is 3.32. The van der Waals surface area contributed by atoms with Crippen LogP contribution < -0.4 is 5.32 Å². The van der Waals surface area contributed by atoms with Gasteiger partial charge in [-0.2, -0.15) is 0 Å². The summed E-state index contributed by atoms with van der Waals surface area (Å²) >= 11 is 0. The molecule has 0 saturated carbocycles. The number of hydrogen-bond acceptors (Lipinski definition) is 4. The van der Waals surface area contributed by atoms with Crippen LogP contribution in [0.3, 0.4) is 0 Å². The molecule has 0 aliphatic rings. The van der Waals surface area contributed by atoms with Crippen LogP contribution in [0.2, 0.25) is 0 Å². The van der Waals surface area contributed by atoms with Gasteiger partial charge in [-0.1, -0.05) is 13.8 Å². The van der Waals surface area contributed by atoms with E-state index in [-0.39, 0.29) is 0 Å². The van der Waals surface area contributed by atoms with E-state index in [2.05, 4.69) is 24.1 Å². The lowest BCUT2D eigenvalue weighted by atomic mass is 10.3. The quantitative estimate of drug-likeness (QED) is 0.765. The van der Waals surface area contributed by atoms with Crippen LogP contribution in [0.1, 0.15) is 31.9 Å². The fraction of sp³-hybridized carbons (Fsp3) is 0.500. The molecule has 2 aromatic rings. The minimum absolute atomic E-state index is 0.709. The van der Waals surface area contributed by atoms with Crippen molar-refractivity contribution in [2.75, 3.05) is 13.1 Å². The van der Waals surface area contributed by atoms with Gasteiger partial charge in [-0.05, 0) is 25.1 Å². The van der Waals surface area contributed by atoms with E-state index >= 15 is 0 Å². The molecule has 0 radical (unpaired) electrons. The Bertz CT molecular complexity index is 474. The Balaban J connectivity index is 1.93. The van der Waals surface area contributed by atoms with Gasteiger partial charge in [-0.15, -0.1) is 0 Å². The second-order valence-electron chi connectivity index (χ2n) is 4.24. The Labute approximate surface area is 107 Å². The van der Waals surface area contributed by atoms with Crippen molar-refractivity contribution in [3.8, 4) is 11.5 Å². The first-order chi connectivity index (χ1) is 8.83. The number of aryl methyl sites for hydroxylation is 1. The molecule has 0 aliphatic carbocycles. The molecular weight excluding hydrogens is 228 g/mol. The molecule has 0 amide bonds. The third kappa shape index (κ3) is 3.23. The third-order valence-corrected chi connectivity index (χ3v) is 2.75. The fourth-order valence-corrected chi connectivity index (χ4v) is 1.74. The Hall–Kier alpha value is -1.55. The SMILES string of the molecule is CCCNCCc1ncc(-c2ccc(CC)o2)o1. The molecule has 0 aromatic carbocycles. The van der Waals surface area contributed by atoms with Crippen molar-refractivity contribution >= 4 is 0 Å². The number of nitrogens with zero attached hydrogens (tertiary/aromatic N) is 1. The van der Waals surface area contributed by atoms with Gasteiger partial charge in [0.25, 0.3) is 0 Å². The molecule has 0 atom stereocenters. The summed E-state index contributed by atoms with van der Waals surface area (Å²) in [5.74, 6) is 3.18. The zero-order valence-electron chi connectivity index (χ0n) is 11.0. The summed E-state index contributed by atoms with van der Waals surface area (Å²) in [6, 6.07) is 3.90. The van der Waals surface area contributed by atoms with Crippen LogP contribution in [0.15, 0.2) is 27.2 Å². The topological polar surface area (TPSA) is 51.2 Å². The normalized spacial score (nSPS) is 11.0. The lowest BCUT2D eigenvalue weighted by Crippen LogP contribution is -2.17. The Morgan fingerprint density at radius 2 is 2.00 bits per heavy atom. The highest BCUT2D eigenvalue weighted by Gasteiger charge is 2.09. The van der Waals surface area contributed by atoms with Crippen molar-refractivity contribution in [2.24, 2.45) is 0 Å². The Morgan fingerprint density at radius 1 is 1.11 bits per heavy atom.